The number of nitro groups is 1. The maximum absolute atomic E-state index is 12.4. The number of aromatic nitrogens is 1. The Labute approximate surface area is 170 Å². The molecular weight excluding hydrogens is 386 g/mol. The van der Waals surface area contributed by atoms with Gasteiger partial charge in [0.05, 0.1) is 20.8 Å². The van der Waals surface area contributed by atoms with E-state index < -0.39 is 4.92 Å². The van der Waals surface area contributed by atoms with Crippen molar-refractivity contribution < 1.29 is 9.72 Å². The van der Waals surface area contributed by atoms with Crippen LogP contribution in [0.3, 0.4) is 0 Å². The summed E-state index contributed by atoms with van der Waals surface area (Å²) in [6, 6.07) is 21.5. The molecule has 0 bridgehead atoms. The second-order valence-corrected chi connectivity index (χ2v) is 7.24. The number of nitrogens with one attached hydrogen (secondary N) is 1. The molecule has 7 heteroatoms. The van der Waals surface area contributed by atoms with Gasteiger partial charge >= 0.3 is 0 Å². The number of para-hydroxylation sites is 2. The zero-order valence-electron chi connectivity index (χ0n) is 15.1. The van der Waals surface area contributed by atoms with Gasteiger partial charge in [0.2, 0.25) is 5.91 Å². The molecule has 0 spiro atoms. The molecule has 0 aliphatic carbocycles. The number of benzene rings is 3. The van der Waals surface area contributed by atoms with Gasteiger partial charge in [-0.05, 0) is 35.9 Å². The van der Waals surface area contributed by atoms with Crippen LogP contribution in [0, 0.1) is 10.1 Å². The Morgan fingerprint density at radius 2 is 1.83 bits per heavy atom. The lowest BCUT2D eigenvalue weighted by atomic mass is 10.1. The molecule has 0 unspecified atom stereocenters. The summed E-state index contributed by atoms with van der Waals surface area (Å²) in [5.74, 6) is -0.329. The first-order chi connectivity index (χ1) is 14.1. The minimum atomic E-state index is -0.467. The van der Waals surface area contributed by atoms with Crippen LogP contribution < -0.4 is 5.32 Å². The second kappa shape index (κ2) is 8.04. The van der Waals surface area contributed by atoms with E-state index in [2.05, 4.69) is 10.3 Å². The molecule has 0 aliphatic rings. The van der Waals surface area contributed by atoms with Crippen LogP contribution in [0.1, 0.15) is 5.56 Å². The molecule has 0 fully saturated rings. The fourth-order valence-corrected chi connectivity index (χ4v) is 3.86. The molecule has 1 aromatic heterocycles. The summed E-state index contributed by atoms with van der Waals surface area (Å²) in [6.07, 6.45) is 2.90. The van der Waals surface area contributed by atoms with E-state index in [1.165, 1.54) is 18.2 Å². The lowest BCUT2D eigenvalue weighted by molar-refractivity contribution is -0.384. The summed E-state index contributed by atoms with van der Waals surface area (Å²) in [6.45, 7) is 0. The lowest BCUT2D eigenvalue weighted by Gasteiger charge is -2.07. The Morgan fingerprint density at radius 3 is 2.66 bits per heavy atom. The van der Waals surface area contributed by atoms with Crippen molar-refractivity contribution in [3.05, 3.63) is 94.6 Å². The smallest absolute Gasteiger partial charge is 0.270 e. The van der Waals surface area contributed by atoms with Gasteiger partial charge < -0.3 is 5.32 Å². The largest absolute Gasteiger partial charge is 0.322 e. The van der Waals surface area contributed by atoms with E-state index in [1.54, 1.807) is 29.5 Å². The third-order valence-corrected chi connectivity index (χ3v) is 5.29. The lowest BCUT2D eigenvalue weighted by Crippen LogP contribution is -2.08. The first-order valence-electron chi connectivity index (χ1n) is 8.79. The minimum absolute atomic E-state index is 0.0197. The van der Waals surface area contributed by atoms with Crippen molar-refractivity contribution >= 4 is 44.9 Å². The van der Waals surface area contributed by atoms with Crippen molar-refractivity contribution in [1.82, 2.24) is 4.98 Å². The van der Waals surface area contributed by atoms with Crippen LogP contribution in [-0.2, 0) is 4.79 Å². The highest BCUT2D eigenvalue weighted by Gasteiger charge is 2.11. The zero-order chi connectivity index (χ0) is 20.2. The van der Waals surface area contributed by atoms with E-state index >= 15 is 0 Å². The van der Waals surface area contributed by atoms with E-state index in [4.69, 9.17) is 0 Å². The van der Waals surface area contributed by atoms with Crippen LogP contribution in [0.25, 0.3) is 26.9 Å². The Bertz CT molecular complexity index is 1210. The number of carbonyl (C=O) groups is 1. The minimum Gasteiger partial charge on any atom is -0.322 e. The monoisotopic (exact) mass is 401 g/mol. The average Bonchev–Trinajstić information content (AvgIpc) is 3.17. The van der Waals surface area contributed by atoms with Gasteiger partial charge in [-0.2, -0.15) is 0 Å². The highest BCUT2D eigenvalue weighted by atomic mass is 32.1. The highest BCUT2D eigenvalue weighted by Crippen LogP contribution is 2.34. The number of carbonyl (C=O) groups excluding carboxylic acids is 1. The fourth-order valence-electron chi connectivity index (χ4n) is 2.85. The third-order valence-electron chi connectivity index (χ3n) is 4.22. The van der Waals surface area contributed by atoms with E-state index in [0.29, 0.717) is 11.3 Å². The molecule has 1 N–H and O–H groups in total. The van der Waals surface area contributed by atoms with Crippen LogP contribution in [0.15, 0.2) is 78.9 Å². The molecule has 0 saturated heterocycles. The maximum Gasteiger partial charge on any atom is 0.270 e. The van der Waals surface area contributed by atoms with Crippen molar-refractivity contribution in [2.45, 2.75) is 0 Å². The maximum atomic E-state index is 12.4. The van der Waals surface area contributed by atoms with Crippen molar-refractivity contribution in [3.8, 4) is 10.6 Å². The summed E-state index contributed by atoms with van der Waals surface area (Å²) in [7, 11) is 0. The number of fused-ring (bicyclic) bond motifs is 1. The summed E-state index contributed by atoms with van der Waals surface area (Å²) in [4.78, 5) is 27.5. The van der Waals surface area contributed by atoms with Gasteiger partial charge in [-0.15, -0.1) is 11.3 Å². The van der Waals surface area contributed by atoms with Crippen molar-refractivity contribution in [2.75, 3.05) is 5.32 Å². The van der Waals surface area contributed by atoms with E-state index in [1.807, 2.05) is 48.5 Å². The SMILES string of the molecule is O=C(/C=C/c1cccc([N+](=O)[O-])c1)Nc1ccccc1-c1nc2ccccc2s1. The number of amides is 1. The van der Waals surface area contributed by atoms with Crippen LogP contribution in [0.5, 0.6) is 0 Å². The highest BCUT2D eigenvalue weighted by molar-refractivity contribution is 7.21. The Kier molecular flexibility index (Phi) is 5.13. The van der Waals surface area contributed by atoms with Gasteiger partial charge in [0.25, 0.3) is 5.69 Å². The van der Waals surface area contributed by atoms with Gasteiger partial charge in [0.15, 0.2) is 0 Å². The van der Waals surface area contributed by atoms with Crippen molar-refractivity contribution in [2.24, 2.45) is 0 Å². The van der Waals surface area contributed by atoms with Crippen molar-refractivity contribution in [1.29, 1.82) is 0 Å². The molecule has 4 rings (SSSR count). The normalized spacial score (nSPS) is 11.0. The van der Waals surface area contributed by atoms with E-state index in [-0.39, 0.29) is 11.6 Å². The standard InChI is InChI=1S/C22H15N3O3S/c26-21(13-12-15-6-5-7-16(14-15)25(27)28)23-18-9-2-1-8-17(18)22-24-19-10-3-4-11-20(19)29-22/h1-14H,(H,23,26)/b13-12+. The van der Waals surface area contributed by atoms with Crippen LogP contribution in [0.4, 0.5) is 11.4 Å². The summed E-state index contributed by atoms with van der Waals surface area (Å²) in [5.41, 5.74) is 2.97. The third kappa shape index (κ3) is 4.20. The first kappa shape index (κ1) is 18.5. The number of nitrogens with zero attached hydrogens (tertiary/aromatic N) is 2. The van der Waals surface area contributed by atoms with Gasteiger partial charge in [0.1, 0.15) is 5.01 Å². The first-order valence-corrected chi connectivity index (χ1v) is 9.60. The Hall–Kier alpha value is -3.84. The predicted octanol–water partition coefficient (Wildman–Crippen LogP) is 5.52. The summed E-state index contributed by atoms with van der Waals surface area (Å²) >= 11 is 1.56. The molecule has 29 heavy (non-hydrogen) atoms. The Balaban J connectivity index is 1.56. The van der Waals surface area contributed by atoms with Crippen LogP contribution >= 0.6 is 11.3 Å². The van der Waals surface area contributed by atoms with Crippen LogP contribution in [0.2, 0.25) is 0 Å². The van der Waals surface area contributed by atoms with Gasteiger partial charge in [-0.25, -0.2) is 4.98 Å². The molecule has 0 saturated carbocycles. The predicted molar refractivity (Wildman–Crippen MR) is 116 cm³/mol. The molecule has 3 aromatic carbocycles. The van der Waals surface area contributed by atoms with Crippen molar-refractivity contribution in [3.63, 3.8) is 0 Å². The van der Waals surface area contributed by atoms with Crippen LogP contribution in [-0.4, -0.2) is 15.8 Å². The molecule has 142 valence electrons. The number of hydrogen-bond acceptors (Lipinski definition) is 5. The van der Waals surface area contributed by atoms with E-state index in [9.17, 15) is 14.9 Å². The summed E-state index contributed by atoms with van der Waals surface area (Å²) < 4.78 is 1.08. The molecule has 4 aromatic rings. The van der Waals surface area contributed by atoms with Gasteiger partial charge in [-0.3, -0.25) is 14.9 Å². The van der Waals surface area contributed by atoms with E-state index in [0.717, 1.165) is 20.8 Å². The number of hydrogen-bond donors (Lipinski definition) is 1. The number of non-ortho nitro benzene ring substituents is 1. The van der Waals surface area contributed by atoms with Gasteiger partial charge in [0, 0.05) is 23.8 Å². The molecule has 1 heterocycles. The fraction of sp³-hybridized carbons (Fsp3) is 0. The average molecular weight is 401 g/mol. The number of thiazole rings is 1. The number of rotatable bonds is 5. The molecule has 0 atom stereocenters. The molecule has 1 amide bonds. The Morgan fingerprint density at radius 1 is 1.03 bits per heavy atom. The zero-order valence-corrected chi connectivity index (χ0v) is 15.9. The number of anilines is 1. The number of nitro benzene ring substituents is 1. The molecule has 6 nitrogen and oxygen atoms in total. The second-order valence-electron chi connectivity index (χ2n) is 6.21. The molecular formula is C22H15N3O3S. The molecule has 0 radical (unpaired) electrons. The quantitative estimate of drug-likeness (QED) is 0.271. The summed E-state index contributed by atoms with van der Waals surface area (Å²) in [5, 5.41) is 14.6. The topological polar surface area (TPSA) is 85.1 Å². The van der Waals surface area contributed by atoms with Gasteiger partial charge in [-0.1, -0.05) is 36.4 Å². The molecule has 0 aliphatic heterocycles.